The zero-order valence-corrected chi connectivity index (χ0v) is 11.2. The molecule has 1 unspecified atom stereocenters. The van der Waals surface area contributed by atoms with Gasteiger partial charge >= 0.3 is 0 Å². The Morgan fingerprint density at radius 3 is 2.94 bits per heavy atom. The molecule has 4 heteroatoms. The summed E-state index contributed by atoms with van der Waals surface area (Å²) in [6.07, 6.45) is 2.05. The predicted molar refractivity (Wildman–Crippen MR) is 68.9 cm³/mol. The Morgan fingerprint density at radius 1 is 1.50 bits per heavy atom. The molecule has 1 aliphatic heterocycles. The van der Waals surface area contributed by atoms with Crippen LogP contribution in [0.3, 0.4) is 0 Å². The first-order valence-corrected chi connectivity index (χ1v) is 6.84. The normalized spacial score (nSPS) is 20.1. The molecule has 0 bridgehead atoms. The van der Waals surface area contributed by atoms with Crippen molar-refractivity contribution in [2.75, 3.05) is 11.9 Å². The first-order chi connectivity index (χ1) is 7.74. The molecule has 1 saturated heterocycles. The van der Waals surface area contributed by atoms with Crippen molar-refractivity contribution < 1.29 is 4.79 Å². The van der Waals surface area contributed by atoms with E-state index in [9.17, 15) is 4.79 Å². The molecule has 0 saturated carbocycles. The average Bonchev–Trinajstić information content (AvgIpc) is 2.77. The van der Waals surface area contributed by atoms with E-state index in [1.165, 1.54) is 0 Å². The smallest absolute Gasteiger partial charge is 0.233 e. The van der Waals surface area contributed by atoms with Gasteiger partial charge in [0.2, 0.25) is 5.91 Å². The van der Waals surface area contributed by atoms with E-state index in [0.29, 0.717) is 5.33 Å². The lowest BCUT2D eigenvalue weighted by Crippen LogP contribution is -2.31. The van der Waals surface area contributed by atoms with E-state index in [4.69, 9.17) is 11.6 Å². The Balaban J connectivity index is 2.27. The van der Waals surface area contributed by atoms with Crippen LogP contribution in [0, 0.1) is 0 Å². The van der Waals surface area contributed by atoms with E-state index >= 15 is 0 Å². The highest BCUT2D eigenvalue weighted by molar-refractivity contribution is 9.09. The number of alkyl halides is 1. The van der Waals surface area contributed by atoms with Crippen LogP contribution in [0.2, 0.25) is 5.02 Å². The first-order valence-electron chi connectivity index (χ1n) is 5.34. The summed E-state index contributed by atoms with van der Waals surface area (Å²) in [5.74, 6) is 0.141. The number of benzene rings is 1. The summed E-state index contributed by atoms with van der Waals surface area (Å²) in [6.45, 7) is 0.834. The fraction of sp³-hybridized carbons (Fsp3) is 0.417. The number of rotatable bonds is 2. The van der Waals surface area contributed by atoms with Crippen LogP contribution in [0.4, 0.5) is 0 Å². The van der Waals surface area contributed by atoms with Gasteiger partial charge in [-0.3, -0.25) is 4.79 Å². The number of nitrogens with zero attached hydrogens (tertiary/aromatic N) is 1. The van der Waals surface area contributed by atoms with E-state index in [-0.39, 0.29) is 11.9 Å². The summed E-state index contributed by atoms with van der Waals surface area (Å²) in [6, 6.07) is 7.92. The van der Waals surface area contributed by atoms with E-state index < -0.39 is 0 Å². The molecule has 86 valence electrons. The Hall–Kier alpha value is -0.540. The van der Waals surface area contributed by atoms with Crippen LogP contribution in [0.15, 0.2) is 24.3 Å². The molecule has 0 aliphatic carbocycles. The van der Waals surface area contributed by atoms with Crippen molar-refractivity contribution in [3.8, 4) is 0 Å². The molecule has 1 heterocycles. The number of amides is 1. The summed E-state index contributed by atoms with van der Waals surface area (Å²) in [5, 5.41) is 1.13. The predicted octanol–water partition coefficient (Wildman–Crippen LogP) is 3.40. The number of carbonyl (C=O) groups is 1. The highest BCUT2D eigenvalue weighted by Gasteiger charge is 2.30. The Bertz CT molecular complexity index is 396. The Morgan fingerprint density at radius 2 is 2.25 bits per heavy atom. The van der Waals surface area contributed by atoms with Gasteiger partial charge in [0, 0.05) is 11.6 Å². The summed E-state index contributed by atoms with van der Waals surface area (Å²) in [4.78, 5) is 13.7. The van der Waals surface area contributed by atoms with Crippen molar-refractivity contribution in [3.63, 3.8) is 0 Å². The molecular weight excluding hydrogens is 289 g/mol. The van der Waals surface area contributed by atoms with Gasteiger partial charge in [0.25, 0.3) is 0 Å². The van der Waals surface area contributed by atoms with Crippen molar-refractivity contribution in [3.05, 3.63) is 34.9 Å². The number of halogens is 2. The maximum absolute atomic E-state index is 11.7. The minimum atomic E-state index is 0.141. The van der Waals surface area contributed by atoms with Crippen LogP contribution < -0.4 is 0 Å². The maximum Gasteiger partial charge on any atom is 0.233 e. The molecule has 1 amide bonds. The summed E-state index contributed by atoms with van der Waals surface area (Å²) in [7, 11) is 0. The van der Waals surface area contributed by atoms with Crippen LogP contribution in [0.25, 0.3) is 0 Å². The van der Waals surface area contributed by atoms with Crippen molar-refractivity contribution in [2.24, 2.45) is 0 Å². The fourth-order valence-corrected chi connectivity index (χ4v) is 2.79. The Kier molecular flexibility index (Phi) is 3.87. The fourth-order valence-electron chi connectivity index (χ4n) is 2.21. The van der Waals surface area contributed by atoms with Crippen LogP contribution in [-0.2, 0) is 4.79 Å². The molecule has 16 heavy (non-hydrogen) atoms. The van der Waals surface area contributed by atoms with Crippen molar-refractivity contribution in [1.29, 1.82) is 0 Å². The second-order valence-corrected chi connectivity index (χ2v) is 4.87. The second-order valence-electron chi connectivity index (χ2n) is 3.90. The summed E-state index contributed by atoms with van der Waals surface area (Å²) in [5.41, 5.74) is 1.07. The standard InChI is InChI=1S/C12H13BrClNO/c13-8-12(16)15-7-3-6-11(15)9-4-1-2-5-10(9)14/h1-2,4-5,11H,3,6-8H2. The molecule has 1 aromatic carbocycles. The van der Waals surface area contributed by atoms with Crippen molar-refractivity contribution in [1.82, 2.24) is 4.90 Å². The molecular formula is C12H13BrClNO. The lowest BCUT2D eigenvalue weighted by Gasteiger charge is -2.25. The van der Waals surface area contributed by atoms with Crippen molar-refractivity contribution >= 4 is 33.4 Å². The SMILES string of the molecule is O=C(CBr)N1CCCC1c1ccccc1Cl. The zero-order chi connectivity index (χ0) is 11.5. The van der Waals surface area contributed by atoms with Gasteiger partial charge in [-0.1, -0.05) is 45.7 Å². The van der Waals surface area contributed by atoms with E-state index in [0.717, 1.165) is 30.0 Å². The topological polar surface area (TPSA) is 20.3 Å². The molecule has 1 atom stereocenters. The van der Waals surface area contributed by atoms with Gasteiger partial charge < -0.3 is 4.90 Å². The molecule has 1 aliphatic rings. The van der Waals surface area contributed by atoms with Crippen LogP contribution in [-0.4, -0.2) is 22.7 Å². The highest BCUT2D eigenvalue weighted by Crippen LogP contribution is 2.35. The van der Waals surface area contributed by atoms with Gasteiger partial charge in [-0.25, -0.2) is 0 Å². The van der Waals surface area contributed by atoms with Crippen LogP contribution >= 0.6 is 27.5 Å². The molecule has 2 rings (SSSR count). The van der Waals surface area contributed by atoms with Gasteiger partial charge in [0.05, 0.1) is 11.4 Å². The quantitative estimate of drug-likeness (QED) is 0.767. The van der Waals surface area contributed by atoms with Crippen LogP contribution in [0.1, 0.15) is 24.4 Å². The third-order valence-electron chi connectivity index (χ3n) is 2.95. The second kappa shape index (κ2) is 5.19. The van der Waals surface area contributed by atoms with Crippen LogP contribution in [0.5, 0.6) is 0 Å². The average molecular weight is 303 g/mol. The van der Waals surface area contributed by atoms with Gasteiger partial charge in [-0.05, 0) is 24.5 Å². The largest absolute Gasteiger partial charge is 0.335 e. The minimum absolute atomic E-state index is 0.141. The molecule has 1 aromatic rings. The molecule has 0 aromatic heterocycles. The first kappa shape index (κ1) is 11.9. The number of hydrogen-bond donors (Lipinski definition) is 0. The summed E-state index contributed by atoms with van der Waals surface area (Å²) >= 11 is 9.39. The Labute approximate surface area is 109 Å². The highest BCUT2D eigenvalue weighted by atomic mass is 79.9. The van der Waals surface area contributed by atoms with Gasteiger partial charge in [0.1, 0.15) is 0 Å². The van der Waals surface area contributed by atoms with Gasteiger partial charge in [0.15, 0.2) is 0 Å². The zero-order valence-electron chi connectivity index (χ0n) is 8.83. The summed E-state index contributed by atoms with van der Waals surface area (Å²) < 4.78 is 0. The maximum atomic E-state index is 11.7. The minimum Gasteiger partial charge on any atom is -0.335 e. The number of likely N-dealkylation sites (tertiary alicyclic amines) is 1. The molecule has 0 spiro atoms. The van der Waals surface area contributed by atoms with Gasteiger partial charge in [-0.2, -0.15) is 0 Å². The third-order valence-corrected chi connectivity index (χ3v) is 3.78. The van der Waals surface area contributed by atoms with E-state index in [2.05, 4.69) is 15.9 Å². The van der Waals surface area contributed by atoms with E-state index in [1.807, 2.05) is 29.2 Å². The number of carbonyl (C=O) groups excluding carboxylic acids is 1. The number of hydrogen-bond acceptors (Lipinski definition) is 1. The lowest BCUT2D eigenvalue weighted by molar-refractivity contribution is -0.129. The lowest BCUT2D eigenvalue weighted by atomic mass is 10.0. The molecule has 0 radical (unpaired) electrons. The van der Waals surface area contributed by atoms with Crippen molar-refractivity contribution in [2.45, 2.75) is 18.9 Å². The molecule has 1 fully saturated rings. The molecule has 0 N–H and O–H groups in total. The monoisotopic (exact) mass is 301 g/mol. The molecule has 2 nitrogen and oxygen atoms in total. The van der Waals surface area contributed by atoms with E-state index in [1.54, 1.807) is 0 Å². The third kappa shape index (κ3) is 2.25. The van der Waals surface area contributed by atoms with Gasteiger partial charge in [-0.15, -0.1) is 0 Å².